The first-order chi connectivity index (χ1) is 24.5. The Morgan fingerprint density at radius 3 is 1.36 bits per heavy atom. The van der Waals surface area contributed by atoms with Crippen LogP contribution in [-0.4, -0.2) is 47.4 Å². The third-order valence-electron chi connectivity index (χ3n) is 10.1. The van der Waals surface area contributed by atoms with Crippen LogP contribution >= 0.6 is 0 Å². The Balaban J connectivity index is 3.52. The number of carbonyl (C=O) groups excluding carboxylic acids is 2. The molecule has 0 aliphatic heterocycles. The van der Waals surface area contributed by atoms with E-state index < -0.39 is 12.1 Å². The molecule has 0 aromatic heterocycles. The van der Waals surface area contributed by atoms with E-state index >= 15 is 0 Å². The van der Waals surface area contributed by atoms with Gasteiger partial charge in [0.2, 0.25) is 5.91 Å². The molecule has 50 heavy (non-hydrogen) atoms. The van der Waals surface area contributed by atoms with Gasteiger partial charge in [-0.2, -0.15) is 0 Å². The Hall–Kier alpha value is -1.40. The third-order valence-corrected chi connectivity index (χ3v) is 10.1. The highest BCUT2D eigenvalue weighted by Gasteiger charge is 2.18. The fourth-order valence-electron chi connectivity index (χ4n) is 6.63. The number of carbonyl (C=O) groups is 2. The highest BCUT2D eigenvalue weighted by atomic mass is 16.5. The normalized spacial score (nSPS) is 12.8. The predicted molar refractivity (Wildman–Crippen MR) is 213 cm³/mol. The fourth-order valence-corrected chi connectivity index (χ4v) is 6.63. The zero-order chi connectivity index (χ0) is 36.6. The summed E-state index contributed by atoms with van der Waals surface area (Å²) in [5, 5.41) is 22.9. The van der Waals surface area contributed by atoms with Crippen molar-refractivity contribution < 1.29 is 24.5 Å². The van der Waals surface area contributed by atoms with Crippen LogP contribution < -0.4 is 5.32 Å². The van der Waals surface area contributed by atoms with Crippen molar-refractivity contribution in [1.82, 2.24) is 5.32 Å². The van der Waals surface area contributed by atoms with Crippen molar-refractivity contribution in [2.75, 3.05) is 13.2 Å². The van der Waals surface area contributed by atoms with Gasteiger partial charge in [-0.05, 0) is 32.1 Å². The predicted octanol–water partition coefficient (Wildman–Crippen LogP) is 12.2. The third kappa shape index (κ3) is 36.4. The molecule has 6 heteroatoms. The molecule has 0 spiro atoms. The zero-order valence-corrected chi connectivity index (χ0v) is 33.4. The molecule has 0 aliphatic carbocycles. The number of hydrogen-bond donors (Lipinski definition) is 3. The maximum Gasteiger partial charge on any atom is 0.305 e. The number of aliphatic hydroxyl groups excluding tert-OH is 2. The summed E-state index contributed by atoms with van der Waals surface area (Å²) in [6.45, 7) is 4.82. The van der Waals surface area contributed by atoms with Gasteiger partial charge in [0.25, 0.3) is 0 Å². The molecule has 296 valence electrons. The molecule has 0 aliphatic rings. The number of hydrogen-bond acceptors (Lipinski definition) is 5. The maximum atomic E-state index is 12.3. The topological polar surface area (TPSA) is 95.9 Å². The maximum absolute atomic E-state index is 12.3. The van der Waals surface area contributed by atoms with Gasteiger partial charge in [-0.15, -0.1) is 0 Å². The molecule has 0 radical (unpaired) electrons. The number of ether oxygens (including phenoxy) is 1. The molecule has 0 saturated heterocycles. The van der Waals surface area contributed by atoms with Crippen molar-refractivity contribution >= 4 is 11.9 Å². The summed E-state index contributed by atoms with van der Waals surface area (Å²) in [7, 11) is 0. The lowest BCUT2D eigenvalue weighted by molar-refractivity contribution is -0.143. The highest BCUT2D eigenvalue weighted by Crippen LogP contribution is 2.15. The summed E-state index contributed by atoms with van der Waals surface area (Å²) >= 11 is 0. The van der Waals surface area contributed by atoms with E-state index in [2.05, 4.69) is 19.2 Å². The van der Waals surface area contributed by atoms with Gasteiger partial charge in [-0.3, -0.25) is 9.59 Å². The summed E-state index contributed by atoms with van der Waals surface area (Å²) in [6.07, 6.45) is 43.3. The van der Waals surface area contributed by atoms with Crippen LogP contribution in [0.5, 0.6) is 0 Å². The van der Waals surface area contributed by atoms with Gasteiger partial charge >= 0.3 is 5.97 Å². The number of esters is 1. The smallest absolute Gasteiger partial charge is 0.305 e. The van der Waals surface area contributed by atoms with E-state index in [0.29, 0.717) is 19.4 Å². The van der Waals surface area contributed by atoms with Gasteiger partial charge in [0.15, 0.2) is 0 Å². The first-order valence-corrected chi connectivity index (χ1v) is 22.0. The quantitative estimate of drug-likeness (QED) is 0.0335. The van der Waals surface area contributed by atoms with Crippen LogP contribution in [0.2, 0.25) is 0 Å². The number of aliphatic hydroxyl groups is 2. The number of nitrogens with one attached hydrogen (secondary N) is 1. The standard InChI is InChI=1S/C44H85NO5/c1-3-5-7-9-11-13-15-17-22-26-30-34-38-44(49)50-39-35-31-27-23-19-18-21-25-29-33-37-43(48)45-41(40-46)42(47)36-32-28-24-20-16-14-12-10-8-6-4-2/h32,36,41-42,46-47H,3-31,33-35,37-40H2,1-2H3,(H,45,48)/b36-32+. The molecule has 0 fully saturated rings. The van der Waals surface area contributed by atoms with E-state index in [1.165, 1.54) is 148 Å². The van der Waals surface area contributed by atoms with E-state index in [1.54, 1.807) is 6.08 Å². The molecule has 0 aromatic carbocycles. The molecular formula is C44H85NO5. The molecule has 0 heterocycles. The molecule has 0 bridgehead atoms. The lowest BCUT2D eigenvalue weighted by atomic mass is 10.0. The average molecular weight is 708 g/mol. The Bertz CT molecular complexity index is 742. The summed E-state index contributed by atoms with van der Waals surface area (Å²) in [5.74, 6) is -0.113. The van der Waals surface area contributed by atoms with Crippen LogP contribution in [0.15, 0.2) is 12.2 Å². The van der Waals surface area contributed by atoms with E-state index in [-0.39, 0.29) is 18.5 Å². The molecule has 3 N–H and O–H groups in total. The minimum absolute atomic E-state index is 0.0210. The molecule has 1 amide bonds. The van der Waals surface area contributed by atoms with Crippen molar-refractivity contribution in [3.8, 4) is 0 Å². The summed E-state index contributed by atoms with van der Waals surface area (Å²) < 4.78 is 5.43. The molecule has 6 nitrogen and oxygen atoms in total. The van der Waals surface area contributed by atoms with Crippen LogP contribution in [0.4, 0.5) is 0 Å². The van der Waals surface area contributed by atoms with E-state index in [1.807, 2.05) is 6.08 Å². The van der Waals surface area contributed by atoms with Gasteiger partial charge in [0.1, 0.15) is 0 Å². The molecule has 2 atom stereocenters. The SMILES string of the molecule is CCCCCCCCCCC/C=C/C(O)C(CO)NC(=O)CCCCCCCCCCCCOC(=O)CCCCCCCCCCCCCC. The second kappa shape index (κ2) is 40.4. The minimum atomic E-state index is -0.855. The van der Waals surface area contributed by atoms with Gasteiger partial charge in [0, 0.05) is 12.8 Å². The fraction of sp³-hybridized carbons (Fsp3) is 0.909. The van der Waals surface area contributed by atoms with Gasteiger partial charge in [-0.1, -0.05) is 199 Å². The Labute approximate surface area is 310 Å². The van der Waals surface area contributed by atoms with E-state index in [9.17, 15) is 19.8 Å². The van der Waals surface area contributed by atoms with Crippen LogP contribution in [0.1, 0.15) is 232 Å². The Kier molecular flexibility index (Phi) is 39.2. The van der Waals surface area contributed by atoms with Crippen LogP contribution in [-0.2, 0) is 14.3 Å². The van der Waals surface area contributed by atoms with Crippen molar-refractivity contribution in [3.63, 3.8) is 0 Å². The second-order valence-electron chi connectivity index (χ2n) is 15.0. The largest absolute Gasteiger partial charge is 0.466 e. The first-order valence-electron chi connectivity index (χ1n) is 22.0. The Morgan fingerprint density at radius 2 is 0.920 bits per heavy atom. The van der Waals surface area contributed by atoms with Crippen molar-refractivity contribution in [1.29, 1.82) is 0 Å². The molecule has 0 aromatic rings. The number of rotatable bonds is 40. The molecule has 2 unspecified atom stereocenters. The Morgan fingerprint density at radius 1 is 0.540 bits per heavy atom. The number of allylic oxidation sites excluding steroid dienone is 1. The number of amides is 1. The van der Waals surface area contributed by atoms with Crippen LogP contribution in [0.25, 0.3) is 0 Å². The van der Waals surface area contributed by atoms with Crippen molar-refractivity contribution in [2.45, 2.75) is 244 Å². The number of unbranched alkanes of at least 4 members (excludes halogenated alkanes) is 29. The lowest BCUT2D eigenvalue weighted by Gasteiger charge is -2.20. The first kappa shape index (κ1) is 48.6. The minimum Gasteiger partial charge on any atom is -0.466 e. The summed E-state index contributed by atoms with van der Waals surface area (Å²) in [5.41, 5.74) is 0. The molecule has 0 saturated carbocycles. The highest BCUT2D eigenvalue weighted by molar-refractivity contribution is 5.76. The van der Waals surface area contributed by atoms with E-state index in [4.69, 9.17) is 4.74 Å². The molecular weight excluding hydrogens is 622 g/mol. The van der Waals surface area contributed by atoms with Crippen molar-refractivity contribution in [2.24, 2.45) is 0 Å². The average Bonchev–Trinajstić information content (AvgIpc) is 3.11. The van der Waals surface area contributed by atoms with Gasteiger partial charge in [-0.25, -0.2) is 0 Å². The molecule has 0 rings (SSSR count). The van der Waals surface area contributed by atoms with Crippen LogP contribution in [0.3, 0.4) is 0 Å². The monoisotopic (exact) mass is 708 g/mol. The second-order valence-corrected chi connectivity index (χ2v) is 15.0. The summed E-state index contributed by atoms with van der Waals surface area (Å²) in [4.78, 5) is 24.3. The van der Waals surface area contributed by atoms with Crippen molar-refractivity contribution in [3.05, 3.63) is 12.2 Å². The van der Waals surface area contributed by atoms with Gasteiger partial charge in [0.05, 0.1) is 25.4 Å². The summed E-state index contributed by atoms with van der Waals surface area (Å²) in [6, 6.07) is -0.641. The van der Waals surface area contributed by atoms with Gasteiger partial charge < -0.3 is 20.3 Å². The zero-order valence-electron chi connectivity index (χ0n) is 33.4. The lowest BCUT2D eigenvalue weighted by Crippen LogP contribution is -2.45. The van der Waals surface area contributed by atoms with E-state index in [0.717, 1.165) is 57.8 Å². The van der Waals surface area contributed by atoms with Crippen LogP contribution in [0, 0.1) is 0 Å².